The molecule has 0 aromatic heterocycles. The largest absolute Gasteiger partial charge is 0.341 e. The summed E-state index contributed by atoms with van der Waals surface area (Å²) in [6, 6.07) is 6.31. The van der Waals surface area contributed by atoms with Crippen LogP contribution in [-0.4, -0.2) is 41.9 Å². The highest BCUT2D eigenvalue weighted by Gasteiger charge is 2.24. The second kappa shape index (κ2) is 6.84. The Morgan fingerprint density at radius 3 is 2.45 bits per heavy atom. The van der Waals surface area contributed by atoms with Crippen molar-refractivity contribution in [3.63, 3.8) is 0 Å². The number of carbonyl (C=O) groups is 1. The number of halogens is 1. The van der Waals surface area contributed by atoms with Crippen molar-refractivity contribution in [1.82, 2.24) is 9.80 Å². The minimum atomic E-state index is -0.228. The Labute approximate surface area is 120 Å². The molecule has 110 valence electrons. The molecule has 0 bridgehead atoms. The molecule has 4 heteroatoms. The first-order valence-corrected chi connectivity index (χ1v) is 7.31. The summed E-state index contributed by atoms with van der Waals surface area (Å²) in [5.41, 5.74) is 1.02. The standard InChI is InChI=1S/C16H23FN2O/c1-13(16(20)19-10-4-3-5-11-19)18(2)12-14-6-8-15(17)9-7-14/h6-9,13H,3-5,10-12H2,1-2H3. The zero-order valence-electron chi connectivity index (χ0n) is 12.3. The van der Waals surface area contributed by atoms with Crippen LogP contribution < -0.4 is 0 Å². The van der Waals surface area contributed by atoms with E-state index in [1.165, 1.54) is 18.6 Å². The average Bonchev–Trinajstić information content (AvgIpc) is 2.49. The van der Waals surface area contributed by atoms with E-state index in [-0.39, 0.29) is 17.8 Å². The SMILES string of the molecule is CC(C(=O)N1CCCCC1)N(C)Cc1ccc(F)cc1. The van der Waals surface area contributed by atoms with E-state index < -0.39 is 0 Å². The molecule has 1 aliphatic rings. The van der Waals surface area contributed by atoms with Crippen molar-refractivity contribution < 1.29 is 9.18 Å². The van der Waals surface area contributed by atoms with Crippen LogP contribution in [0.25, 0.3) is 0 Å². The van der Waals surface area contributed by atoms with Crippen LogP contribution in [0.3, 0.4) is 0 Å². The second-order valence-electron chi connectivity index (χ2n) is 5.60. The Kier molecular flexibility index (Phi) is 5.12. The Morgan fingerprint density at radius 2 is 1.85 bits per heavy atom. The van der Waals surface area contributed by atoms with Gasteiger partial charge in [-0.15, -0.1) is 0 Å². The predicted molar refractivity (Wildman–Crippen MR) is 77.8 cm³/mol. The molecule has 1 heterocycles. The number of benzene rings is 1. The highest BCUT2D eigenvalue weighted by Crippen LogP contribution is 2.13. The van der Waals surface area contributed by atoms with Crippen molar-refractivity contribution in [2.45, 2.75) is 38.8 Å². The Hall–Kier alpha value is -1.42. The molecule has 1 saturated heterocycles. The van der Waals surface area contributed by atoms with Gasteiger partial charge in [-0.05, 0) is 50.9 Å². The van der Waals surface area contributed by atoms with Gasteiger partial charge in [0.05, 0.1) is 6.04 Å². The summed E-state index contributed by atoms with van der Waals surface area (Å²) in [5, 5.41) is 0. The molecule has 1 amide bonds. The maximum atomic E-state index is 12.9. The van der Waals surface area contributed by atoms with Crippen molar-refractivity contribution in [2.75, 3.05) is 20.1 Å². The third-order valence-corrected chi connectivity index (χ3v) is 4.03. The van der Waals surface area contributed by atoms with E-state index in [4.69, 9.17) is 0 Å². The third-order valence-electron chi connectivity index (χ3n) is 4.03. The fourth-order valence-electron chi connectivity index (χ4n) is 2.58. The smallest absolute Gasteiger partial charge is 0.239 e. The van der Waals surface area contributed by atoms with Crippen LogP contribution in [0, 0.1) is 5.82 Å². The monoisotopic (exact) mass is 278 g/mol. The fourth-order valence-corrected chi connectivity index (χ4v) is 2.58. The third kappa shape index (κ3) is 3.79. The zero-order chi connectivity index (χ0) is 14.5. The van der Waals surface area contributed by atoms with E-state index in [2.05, 4.69) is 0 Å². The van der Waals surface area contributed by atoms with Crippen molar-refractivity contribution in [3.8, 4) is 0 Å². The van der Waals surface area contributed by atoms with Gasteiger partial charge in [0.1, 0.15) is 5.82 Å². The number of carbonyl (C=O) groups excluding carboxylic acids is 1. The first kappa shape index (κ1) is 15.0. The molecule has 0 spiro atoms. The maximum Gasteiger partial charge on any atom is 0.239 e. The average molecular weight is 278 g/mol. The van der Waals surface area contributed by atoms with Crippen LogP contribution in [0.15, 0.2) is 24.3 Å². The molecule has 1 unspecified atom stereocenters. The normalized spacial score (nSPS) is 17.3. The number of rotatable bonds is 4. The lowest BCUT2D eigenvalue weighted by atomic mass is 10.1. The summed E-state index contributed by atoms with van der Waals surface area (Å²) in [7, 11) is 1.94. The van der Waals surface area contributed by atoms with Gasteiger partial charge in [0.2, 0.25) is 5.91 Å². The predicted octanol–water partition coefficient (Wildman–Crippen LogP) is 2.66. The Balaban J connectivity index is 1.91. The molecule has 1 fully saturated rings. The molecule has 3 nitrogen and oxygen atoms in total. The Bertz CT molecular complexity index is 440. The van der Waals surface area contributed by atoms with Gasteiger partial charge in [0.25, 0.3) is 0 Å². The number of hydrogen-bond acceptors (Lipinski definition) is 2. The van der Waals surface area contributed by atoms with Crippen molar-refractivity contribution in [1.29, 1.82) is 0 Å². The van der Waals surface area contributed by atoms with E-state index >= 15 is 0 Å². The molecule has 0 radical (unpaired) electrons. The van der Waals surface area contributed by atoms with Gasteiger partial charge >= 0.3 is 0 Å². The van der Waals surface area contributed by atoms with E-state index in [0.717, 1.165) is 31.5 Å². The van der Waals surface area contributed by atoms with Crippen molar-refractivity contribution in [3.05, 3.63) is 35.6 Å². The summed E-state index contributed by atoms with van der Waals surface area (Å²) in [5.74, 6) is -0.0249. The first-order chi connectivity index (χ1) is 9.58. The summed E-state index contributed by atoms with van der Waals surface area (Å²) >= 11 is 0. The van der Waals surface area contributed by atoms with Gasteiger partial charge in [-0.3, -0.25) is 9.69 Å². The van der Waals surface area contributed by atoms with Gasteiger partial charge in [-0.25, -0.2) is 4.39 Å². The van der Waals surface area contributed by atoms with Gasteiger partial charge in [-0.2, -0.15) is 0 Å². The first-order valence-electron chi connectivity index (χ1n) is 7.31. The highest BCUT2D eigenvalue weighted by molar-refractivity contribution is 5.81. The van der Waals surface area contributed by atoms with Gasteiger partial charge in [0.15, 0.2) is 0 Å². The molecule has 0 saturated carbocycles. The molecule has 1 aromatic rings. The van der Waals surface area contributed by atoms with E-state index in [9.17, 15) is 9.18 Å². The van der Waals surface area contributed by atoms with Crippen molar-refractivity contribution >= 4 is 5.91 Å². The highest BCUT2D eigenvalue weighted by atomic mass is 19.1. The van der Waals surface area contributed by atoms with Crippen molar-refractivity contribution in [2.24, 2.45) is 0 Å². The minimum absolute atomic E-state index is 0.141. The van der Waals surface area contributed by atoms with E-state index in [1.807, 2.05) is 23.8 Å². The number of piperidine rings is 1. The molecular formula is C16H23FN2O. The zero-order valence-corrected chi connectivity index (χ0v) is 12.3. The molecule has 1 aliphatic heterocycles. The van der Waals surface area contributed by atoms with Gasteiger partial charge < -0.3 is 4.90 Å². The van der Waals surface area contributed by atoms with Crippen LogP contribution in [0.2, 0.25) is 0 Å². The summed E-state index contributed by atoms with van der Waals surface area (Å²) in [4.78, 5) is 16.4. The second-order valence-corrected chi connectivity index (χ2v) is 5.60. The van der Waals surface area contributed by atoms with E-state index in [1.54, 1.807) is 12.1 Å². The molecule has 1 aromatic carbocycles. The summed E-state index contributed by atoms with van der Waals surface area (Å²) < 4.78 is 12.9. The lowest BCUT2D eigenvalue weighted by molar-refractivity contribution is -0.137. The fraction of sp³-hybridized carbons (Fsp3) is 0.562. The number of amides is 1. The topological polar surface area (TPSA) is 23.6 Å². The molecule has 1 atom stereocenters. The molecule has 0 N–H and O–H groups in total. The molecule has 20 heavy (non-hydrogen) atoms. The Morgan fingerprint density at radius 1 is 1.25 bits per heavy atom. The van der Waals surface area contributed by atoms with E-state index in [0.29, 0.717) is 6.54 Å². The minimum Gasteiger partial charge on any atom is -0.341 e. The number of likely N-dealkylation sites (tertiary alicyclic amines) is 1. The van der Waals surface area contributed by atoms with Crippen LogP contribution in [0.4, 0.5) is 4.39 Å². The molecule has 0 aliphatic carbocycles. The summed E-state index contributed by atoms with van der Waals surface area (Å²) in [6.07, 6.45) is 3.45. The van der Waals surface area contributed by atoms with Gasteiger partial charge in [-0.1, -0.05) is 12.1 Å². The van der Waals surface area contributed by atoms with Crippen LogP contribution in [0.5, 0.6) is 0 Å². The van der Waals surface area contributed by atoms with Crippen LogP contribution in [0.1, 0.15) is 31.7 Å². The number of nitrogens with zero attached hydrogens (tertiary/aromatic N) is 2. The van der Waals surface area contributed by atoms with Gasteiger partial charge in [0, 0.05) is 19.6 Å². The van der Waals surface area contributed by atoms with Crippen LogP contribution >= 0.6 is 0 Å². The quantitative estimate of drug-likeness (QED) is 0.845. The number of likely N-dealkylation sites (N-methyl/N-ethyl adjacent to an activating group) is 1. The lowest BCUT2D eigenvalue weighted by Crippen LogP contribution is -2.47. The molecule has 2 rings (SSSR count). The molecular weight excluding hydrogens is 255 g/mol. The lowest BCUT2D eigenvalue weighted by Gasteiger charge is -2.32. The maximum absolute atomic E-state index is 12.9. The summed E-state index contributed by atoms with van der Waals surface area (Å²) in [6.45, 7) is 4.36. The van der Waals surface area contributed by atoms with Crippen LogP contribution in [-0.2, 0) is 11.3 Å². The number of hydrogen-bond donors (Lipinski definition) is 0.